The Labute approximate surface area is 141 Å². The Morgan fingerprint density at radius 1 is 1.04 bits per heavy atom. The van der Waals surface area contributed by atoms with E-state index >= 15 is 0 Å². The third-order valence-electron chi connectivity index (χ3n) is 3.47. The van der Waals surface area contributed by atoms with Gasteiger partial charge in [0.1, 0.15) is 5.75 Å². The second kappa shape index (κ2) is 6.80. The number of hydrogen-bond acceptors (Lipinski definition) is 3. The largest absolute Gasteiger partial charge is 0.483 e. The van der Waals surface area contributed by atoms with Gasteiger partial charge >= 0.3 is 6.18 Å². The van der Waals surface area contributed by atoms with E-state index in [1.54, 1.807) is 36.5 Å². The number of aromatic nitrogens is 1. The maximum absolute atomic E-state index is 12.9. The van der Waals surface area contributed by atoms with Crippen LogP contribution < -0.4 is 10.1 Å². The van der Waals surface area contributed by atoms with Crippen molar-refractivity contribution in [1.82, 2.24) is 4.98 Å². The van der Waals surface area contributed by atoms with Crippen LogP contribution in [0.25, 0.3) is 10.9 Å². The molecule has 0 saturated heterocycles. The second-order valence-electron chi connectivity index (χ2n) is 5.21. The van der Waals surface area contributed by atoms with Gasteiger partial charge in [-0.1, -0.05) is 18.2 Å². The molecule has 1 N–H and O–H groups in total. The smallest absolute Gasteiger partial charge is 0.419 e. The normalized spacial score (nSPS) is 11.3. The summed E-state index contributed by atoms with van der Waals surface area (Å²) < 4.78 is 43.8. The molecule has 4 nitrogen and oxygen atoms in total. The summed E-state index contributed by atoms with van der Waals surface area (Å²) in [4.78, 5) is 16.2. The minimum absolute atomic E-state index is 0.385. The average Bonchev–Trinajstić information content (AvgIpc) is 2.60. The highest BCUT2D eigenvalue weighted by Gasteiger charge is 2.34. The third-order valence-corrected chi connectivity index (χ3v) is 3.47. The Kier molecular flexibility index (Phi) is 4.56. The summed E-state index contributed by atoms with van der Waals surface area (Å²) in [5.74, 6) is -0.946. The maximum atomic E-state index is 12.9. The Morgan fingerprint density at radius 3 is 2.64 bits per heavy atom. The lowest BCUT2D eigenvalue weighted by Gasteiger charge is -2.14. The van der Waals surface area contributed by atoms with E-state index in [0.717, 1.165) is 11.5 Å². The van der Waals surface area contributed by atoms with Crippen LogP contribution in [-0.2, 0) is 11.0 Å². The van der Waals surface area contributed by atoms with Gasteiger partial charge in [-0.15, -0.1) is 0 Å². The first kappa shape index (κ1) is 16.8. The Hall–Kier alpha value is -3.09. The fourth-order valence-electron chi connectivity index (χ4n) is 2.37. The van der Waals surface area contributed by atoms with E-state index in [0.29, 0.717) is 11.2 Å². The van der Waals surface area contributed by atoms with Gasteiger partial charge in [-0.3, -0.25) is 9.78 Å². The number of ether oxygens (including phenoxy) is 1. The van der Waals surface area contributed by atoms with Gasteiger partial charge in [-0.25, -0.2) is 0 Å². The fourth-order valence-corrected chi connectivity index (χ4v) is 2.37. The van der Waals surface area contributed by atoms with Gasteiger partial charge in [0.25, 0.3) is 5.91 Å². The number of hydrogen-bond donors (Lipinski definition) is 1. The number of anilines is 1. The quantitative estimate of drug-likeness (QED) is 0.767. The predicted molar refractivity (Wildman–Crippen MR) is 87.3 cm³/mol. The molecule has 0 spiro atoms. The average molecular weight is 346 g/mol. The van der Waals surface area contributed by atoms with Gasteiger partial charge < -0.3 is 10.1 Å². The highest BCUT2D eigenvalue weighted by Crippen LogP contribution is 2.35. The summed E-state index contributed by atoms with van der Waals surface area (Å²) in [6.07, 6.45) is -2.92. The number of nitrogens with zero attached hydrogens (tertiary/aromatic N) is 1. The second-order valence-corrected chi connectivity index (χ2v) is 5.21. The number of alkyl halides is 3. The molecule has 3 rings (SSSR count). The van der Waals surface area contributed by atoms with E-state index in [9.17, 15) is 18.0 Å². The molecule has 7 heteroatoms. The monoisotopic (exact) mass is 346 g/mol. The van der Waals surface area contributed by atoms with E-state index in [2.05, 4.69) is 10.3 Å². The van der Waals surface area contributed by atoms with Crippen LogP contribution in [0.4, 0.5) is 18.9 Å². The molecular formula is C18H13F3N2O2. The van der Waals surface area contributed by atoms with Crippen molar-refractivity contribution >= 4 is 22.5 Å². The van der Waals surface area contributed by atoms with Gasteiger partial charge in [0, 0.05) is 11.6 Å². The van der Waals surface area contributed by atoms with Crippen LogP contribution in [0.5, 0.6) is 5.75 Å². The van der Waals surface area contributed by atoms with Crippen molar-refractivity contribution in [2.45, 2.75) is 6.18 Å². The molecule has 128 valence electrons. The first-order valence-corrected chi connectivity index (χ1v) is 7.38. The molecule has 1 amide bonds. The molecule has 0 aliphatic carbocycles. The number of nitrogens with one attached hydrogen (secondary N) is 1. The van der Waals surface area contributed by atoms with E-state index in [1.807, 2.05) is 0 Å². The third kappa shape index (κ3) is 3.88. The number of pyridine rings is 1. The molecule has 0 radical (unpaired) electrons. The maximum Gasteiger partial charge on any atom is 0.419 e. The molecular weight excluding hydrogens is 333 g/mol. The molecule has 0 aliphatic heterocycles. The van der Waals surface area contributed by atoms with Crippen LogP contribution in [0.1, 0.15) is 5.56 Å². The Morgan fingerprint density at radius 2 is 1.84 bits per heavy atom. The molecule has 3 aromatic rings. The zero-order valence-electron chi connectivity index (χ0n) is 12.9. The van der Waals surface area contributed by atoms with Crippen molar-refractivity contribution in [2.75, 3.05) is 11.9 Å². The van der Waals surface area contributed by atoms with Crippen LogP contribution in [0.2, 0.25) is 0 Å². The summed E-state index contributed by atoms with van der Waals surface area (Å²) in [7, 11) is 0. The number of fused-ring (bicyclic) bond motifs is 1. The van der Waals surface area contributed by atoms with Crippen molar-refractivity contribution in [3.05, 3.63) is 66.4 Å². The van der Waals surface area contributed by atoms with Crippen molar-refractivity contribution in [2.24, 2.45) is 0 Å². The van der Waals surface area contributed by atoms with Crippen LogP contribution in [0.15, 0.2) is 60.8 Å². The Bertz CT molecular complexity index is 905. The van der Waals surface area contributed by atoms with Crippen molar-refractivity contribution in [3.63, 3.8) is 0 Å². The van der Waals surface area contributed by atoms with Crippen LogP contribution in [-0.4, -0.2) is 17.5 Å². The van der Waals surface area contributed by atoms with Gasteiger partial charge in [0.2, 0.25) is 0 Å². The number of rotatable bonds is 4. The van der Waals surface area contributed by atoms with Crippen molar-refractivity contribution < 1.29 is 22.7 Å². The van der Waals surface area contributed by atoms with Gasteiger partial charge in [0.05, 0.1) is 16.8 Å². The standard InChI is InChI=1S/C18H13F3N2O2/c19-18(20,21)13-6-1-2-9-16(13)25-11-17(24)23-15-8-3-7-14-12(15)5-4-10-22-14/h1-10H,11H2,(H,23,24). The van der Waals surface area contributed by atoms with Crippen molar-refractivity contribution in [1.29, 1.82) is 0 Å². The van der Waals surface area contributed by atoms with E-state index in [-0.39, 0.29) is 5.75 Å². The topological polar surface area (TPSA) is 51.2 Å². The zero-order valence-corrected chi connectivity index (χ0v) is 12.9. The highest BCUT2D eigenvalue weighted by atomic mass is 19.4. The summed E-state index contributed by atoms with van der Waals surface area (Å²) in [6.45, 7) is -0.538. The molecule has 0 bridgehead atoms. The molecule has 25 heavy (non-hydrogen) atoms. The molecule has 0 unspecified atom stereocenters. The van der Waals surface area contributed by atoms with Crippen LogP contribution in [0.3, 0.4) is 0 Å². The minimum atomic E-state index is -4.55. The molecule has 1 aromatic heterocycles. The number of carbonyl (C=O) groups excluding carboxylic acids is 1. The molecule has 0 aliphatic rings. The van der Waals surface area contributed by atoms with E-state index in [4.69, 9.17) is 4.74 Å². The lowest BCUT2D eigenvalue weighted by atomic mass is 10.2. The van der Waals surface area contributed by atoms with Gasteiger partial charge in [-0.05, 0) is 36.4 Å². The number of carbonyl (C=O) groups is 1. The highest BCUT2D eigenvalue weighted by molar-refractivity contribution is 6.01. The number of benzene rings is 2. The molecule has 1 heterocycles. The summed E-state index contributed by atoms with van der Waals surface area (Å²) >= 11 is 0. The lowest BCUT2D eigenvalue weighted by Crippen LogP contribution is -2.21. The number of para-hydroxylation sites is 1. The SMILES string of the molecule is O=C(COc1ccccc1C(F)(F)F)Nc1cccc2ncccc12. The fraction of sp³-hybridized carbons (Fsp3) is 0.111. The summed E-state index contributed by atoms with van der Waals surface area (Å²) in [5, 5.41) is 3.36. The number of amides is 1. The molecule has 0 saturated carbocycles. The first-order valence-electron chi connectivity index (χ1n) is 7.38. The van der Waals surface area contributed by atoms with Crippen LogP contribution in [0, 0.1) is 0 Å². The number of halogens is 3. The Balaban J connectivity index is 1.72. The van der Waals surface area contributed by atoms with Crippen LogP contribution >= 0.6 is 0 Å². The summed E-state index contributed by atoms with van der Waals surface area (Å²) in [6, 6.07) is 13.5. The molecule has 0 fully saturated rings. The van der Waals surface area contributed by atoms with Gasteiger partial charge in [-0.2, -0.15) is 13.2 Å². The van der Waals surface area contributed by atoms with E-state index < -0.39 is 24.3 Å². The predicted octanol–water partition coefficient (Wildman–Crippen LogP) is 4.27. The minimum Gasteiger partial charge on any atom is -0.483 e. The van der Waals surface area contributed by atoms with E-state index in [1.165, 1.54) is 18.2 Å². The molecule has 0 atom stereocenters. The first-order chi connectivity index (χ1) is 11.9. The molecule has 2 aromatic carbocycles. The zero-order chi connectivity index (χ0) is 17.9. The summed E-state index contributed by atoms with van der Waals surface area (Å²) in [5.41, 5.74) is 0.295. The van der Waals surface area contributed by atoms with Gasteiger partial charge in [0.15, 0.2) is 6.61 Å². The van der Waals surface area contributed by atoms with Crippen molar-refractivity contribution in [3.8, 4) is 5.75 Å². The lowest BCUT2D eigenvalue weighted by molar-refractivity contribution is -0.139.